The Morgan fingerprint density at radius 1 is 0.844 bits per heavy atom. The van der Waals surface area contributed by atoms with Crippen LogP contribution in [0.5, 0.6) is 5.75 Å². The molecule has 2 heterocycles. The average molecular weight is 928 g/mol. The zero-order valence-corrected chi connectivity index (χ0v) is 41.3. The van der Waals surface area contributed by atoms with Crippen molar-refractivity contribution < 1.29 is 47.7 Å². The predicted octanol–water partition coefficient (Wildman–Crippen LogP) is 4.97. The number of ether oxygens (including phenoxy) is 3. The lowest BCUT2D eigenvalue weighted by molar-refractivity contribution is -0.149. The highest BCUT2D eigenvalue weighted by atomic mass is 28.4. The Hall–Kier alpha value is -4.64. The van der Waals surface area contributed by atoms with Gasteiger partial charge < -0.3 is 49.2 Å². The van der Waals surface area contributed by atoms with Crippen LogP contribution in [0.3, 0.4) is 0 Å². The summed E-state index contributed by atoms with van der Waals surface area (Å²) in [6.45, 7) is 22.2. The number of aliphatic hydroxyl groups is 1. The van der Waals surface area contributed by atoms with Crippen LogP contribution in [0, 0.1) is 0 Å². The highest BCUT2D eigenvalue weighted by Crippen LogP contribution is 2.46. The fourth-order valence-electron chi connectivity index (χ4n) is 6.50. The molecule has 2 amide bonds. The number of rotatable bonds is 20. The van der Waals surface area contributed by atoms with Crippen molar-refractivity contribution in [3.05, 3.63) is 98.8 Å². The van der Waals surface area contributed by atoms with Crippen molar-refractivity contribution in [3.63, 3.8) is 0 Å². The summed E-state index contributed by atoms with van der Waals surface area (Å²) in [5, 5.41) is 30.2. The van der Waals surface area contributed by atoms with Gasteiger partial charge in [-0.2, -0.15) is 0 Å². The highest BCUT2D eigenvalue weighted by molar-refractivity contribution is 6.74. The summed E-state index contributed by atoms with van der Waals surface area (Å²) in [5.74, 6) is -1.22. The fourth-order valence-corrected chi connectivity index (χ4v) is 9.09. The smallest absolute Gasteiger partial charge is 0.408 e. The lowest BCUT2D eigenvalue weighted by Crippen LogP contribution is -2.59. The first-order valence-corrected chi connectivity index (χ1v) is 27.4. The van der Waals surface area contributed by atoms with Gasteiger partial charge in [-0.3, -0.25) is 23.5 Å². The first kappa shape index (κ1) is 52.0. The molecule has 3 aromatic rings. The molecular formula is C45H69N5O12Si2. The molecule has 1 fully saturated rings. The Bertz CT molecular complexity index is 2150. The lowest BCUT2D eigenvalue weighted by Gasteiger charge is -2.44. The second kappa shape index (κ2) is 21.6. The number of nitrogens with one attached hydrogen (secondary N) is 3. The van der Waals surface area contributed by atoms with Gasteiger partial charge in [-0.05, 0) is 79.4 Å². The number of alkyl carbamates (subject to hydrolysis) is 1. The average Bonchev–Trinajstić information content (AvgIpc) is 3.54. The Labute approximate surface area is 378 Å². The third-order valence-electron chi connectivity index (χ3n) is 12.5. The second-order valence-corrected chi connectivity index (χ2v) is 28.8. The molecule has 1 aromatic heterocycles. The van der Waals surface area contributed by atoms with Crippen molar-refractivity contribution in [2.75, 3.05) is 20.2 Å². The minimum Gasteiger partial charge on any atom is -0.497 e. The van der Waals surface area contributed by atoms with Crippen molar-refractivity contribution in [2.45, 2.75) is 147 Å². The van der Waals surface area contributed by atoms with Gasteiger partial charge in [-0.1, -0.05) is 84.0 Å². The number of hydrogen-bond acceptors (Lipinski definition) is 12. The van der Waals surface area contributed by atoms with E-state index in [1.54, 1.807) is 31.4 Å². The van der Waals surface area contributed by atoms with Crippen LogP contribution in [-0.2, 0) is 41.1 Å². The van der Waals surface area contributed by atoms with E-state index < -0.39 is 88.6 Å². The van der Waals surface area contributed by atoms with E-state index in [4.69, 9.17) is 23.1 Å². The number of aliphatic carboxylic acids is 1. The molecule has 0 bridgehead atoms. The third-order valence-corrected chi connectivity index (χ3v) is 21.4. The summed E-state index contributed by atoms with van der Waals surface area (Å²) in [7, 11) is -3.93. The summed E-state index contributed by atoms with van der Waals surface area (Å²) in [6, 6.07) is 14.9. The van der Waals surface area contributed by atoms with Gasteiger partial charge in [0.25, 0.3) is 5.56 Å². The number of methoxy groups -OCH3 is 1. The summed E-state index contributed by atoms with van der Waals surface area (Å²) < 4.78 is 33.7. The monoisotopic (exact) mass is 927 g/mol. The number of nitrogens with zero attached hydrogens (tertiary/aromatic N) is 2. The van der Waals surface area contributed by atoms with Crippen LogP contribution < -0.4 is 31.9 Å². The molecule has 0 radical (unpaired) electrons. The van der Waals surface area contributed by atoms with Gasteiger partial charge in [0.1, 0.15) is 48.9 Å². The molecule has 5 N–H and O–H groups in total. The van der Waals surface area contributed by atoms with Gasteiger partial charge in [0.05, 0.1) is 13.7 Å². The molecule has 354 valence electrons. The van der Waals surface area contributed by atoms with Crippen LogP contribution in [0.2, 0.25) is 36.3 Å². The Morgan fingerprint density at radius 3 is 2.00 bits per heavy atom. The summed E-state index contributed by atoms with van der Waals surface area (Å²) in [4.78, 5) is 65.7. The quantitative estimate of drug-likeness (QED) is 0.0748. The van der Waals surface area contributed by atoms with Crippen LogP contribution >= 0.6 is 0 Å². The number of aliphatic hydroxyl groups excluding tert-OH is 1. The molecule has 7 atom stereocenters. The predicted molar refractivity (Wildman–Crippen MR) is 247 cm³/mol. The molecule has 0 saturated carbocycles. The van der Waals surface area contributed by atoms with Crippen LogP contribution in [0.15, 0.2) is 76.4 Å². The van der Waals surface area contributed by atoms with Gasteiger partial charge in [0.2, 0.25) is 5.91 Å². The lowest BCUT2D eigenvalue weighted by atomic mass is 9.99. The van der Waals surface area contributed by atoms with Gasteiger partial charge in [-0.15, -0.1) is 0 Å². The van der Waals surface area contributed by atoms with E-state index in [0.717, 1.165) is 10.1 Å². The summed E-state index contributed by atoms with van der Waals surface area (Å²) >= 11 is 0. The number of carboxylic acids is 1. The highest BCUT2D eigenvalue weighted by Gasteiger charge is 2.57. The molecule has 2 aromatic carbocycles. The zero-order valence-electron chi connectivity index (χ0n) is 39.3. The Balaban J connectivity index is 1.60. The molecule has 1 aliphatic rings. The van der Waals surface area contributed by atoms with E-state index in [9.17, 15) is 34.2 Å². The third kappa shape index (κ3) is 13.2. The van der Waals surface area contributed by atoms with E-state index in [0.29, 0.717) is 11.3 Å². The van der Waals surface area contributed by atoms with Gasteiger partial charge in [0.15, 0.2) is 22.9 Å². The van der Waals surface area contributed by atoms with Gasteiger partial charge in [-0.25, -0.2) is 9.59 Å². The molecule has 0 aliphatic carbocycles. The van der Waals surface area contributed by atoms with Crippen LogP contribution in [0.1, 0.15) is 72.2 Å². The summed E-state index contributed by atoms with van der Waals surface area (Å²) in [5.41, 5.74) is 0.235. The molecule has 1 aliphatic heterocycles. The Kier molecular flexibility index (Phi) is 17.5. The molecule has 64 heavy (non-hydrogen) atoms. The maximum absolute atomic E-state index is 14.4. The van der Waals surface area contributed by atoms with Crippen molar-refractivity contribution >= 4 is 34.6 Å². The largest absolute Gasteiger partial charge is 0.497 e. The first-order chi connectivity index (χ1) is 29.8. The van der Waals surface area contributed by atoms with Crippen molar-refractivity contribution in [3.8, 4) is 5.75 Å². The minimum atomic E-state index is -2.74. The molecule has 17 nitrogen and oxygen atoms in total. The number of aromatic nitrogens is 2. The standard InChI is InChI=1S/C45H69N5O12Si2/c1-29(48-42(56)59-28-31-17-14-13-15-18-31)39(53)47-25-16-24-46-34(41(54)55)35(52)36-37(61-63(9,10)44(2,3)4)38(62-64(11,12)45(5,6)7)40(60-36)49-26-23-33(51)50(43(49)57)27-30-19-21-32(58-8)22-20-30/h13-15,17-23,26,29,34-38,40,46,52H,16,24-25,27-28H2,1-12H3,(H,47,53)(H,48,56)(H,54,55)/t29-,34-,35+,36?,37+,38+,40+/m0/s1. The molecule has 4 rings (SSSR count). The molecule has 1 saturated heterocycles. The number of carbonyl (C=O) groups is 3. The molecule has 1 unspecified atom stereocenters. The van der Waals surface area contributed by atoms with E-state index in [1.807, 2.05) is 56.5 Å². The maximum Gasteiger partial charge on any atom is 0.408 e. The van der Waals surface area contributed by atoms with Crippen molar-refractivity contribution in [2.24, 2.45) is 0 Å². The second-order valence-electron chi connectivity index (χ2n) is 19.3. The van der Waals surface area contributed by atoms with Crippen molar-refractivity contribution in [1.82, 2.24) is 25.1 Å². The van der Waals surface area contributed by atoms with Gasteiger partial charge >= 0.3 is 17.8 Å². The van der Waals surface area contributed by atoms with E-state index in [-0.39, 0.29) is 42.7 Å². The first-order valence-electron chi connectivity index (χ1n) is 21.6. The topological polar surface area (TPSA) is 218 Å². The normalized spacial score (nSPS) is 19.6. The summed E-state index contributed by atoms with van der Waals surface area (Å²) in [6.07, 6.45) is -5.53. The van der Waals surface area contributed by atoms with E-state index in [1.165, 1.54) is 23.8 Å². The number of benzene rings is 2. The SMILES string of the molecule is COc1ccc(Cn2c(=O)ccn([C@@H]3OC([C@H](O)[C@H](NCCCNC(=O)[C@H](C)NC(=O)OCc4ccccc4)C(=O)O)[C@@H](O[Si](C)(C)C(C)(C)C)[C@H]3O[Si](C)(C)C(C)(C)C)c2=O)cc1. The number of hydrogen-bond donors (Lipinski definition) is 5. The molecular weight excluding hydrogens is 859 g/mol. The van der Waals surface area contributed by atoms with Crippen LogP contribution in [0.4, 0.5) is 4.79 Å². The van der Waals surface area contributed by atoms with Crippen molar-refractivity contribution in [1.29, 1.82) is 0 Å². The zero-order chi connectivity index (χ0) is 47.8. The van der Waals surface area contributed by atoms with E-state index in [2.05, 4.69) is 57.5 Å². The number of carbonyl (C=O) groups excluding carboxylic acids is 2. The van der Waals surface area contributed by atoms with Crippen LogP contribution in [0.25, 0.3) is 0 Å². The minimum absolute atomic E-state index is 0.0434. The molecule has 19 heteroatoms. The van der Waals surface area contributed by atoms with E-state index >= 15 is 0 Å². The number of carboxylic acid groups (broad SMARTS) is 1. The molecule has 0 spiro atoms. The van der Waals surface area contributed by atoms with Crippen LogP contribution in [-0.4, -0.2) is 111 Å². The van der Waals surface area contributed by atoms with Gasteiger partial charge in [0, 0.05) is 18.8 Å². The maximum atomic E-state index is 14.4. The fraction of sp³-hybridized carbons (Fsp3) is 0.578. The number of amides is 2. The Morgan fingerprint density at radius 2 is 1.44 bits per heavy atom.